The van der Waals surface area contributed by atoms with Crippen LogP contribution >= 0.6 is 0 Å². The third-order valence-electron chi connectivity index (χ3n) is 10.6. The second-order valence-corrected chi connectivity index (χ2v) is 15.2. The van der Waals surface area contributed by atoms with Crippen LogP contribution in [0.2, 0.25) is 0 Å². The van der Waals surface area contributed by atoms with E-state index in [4.69, 9.17) is 14.5 Å². The maximum Gasteiger partial charge on any atom is 0.407 e. The van der Waals surface area contributed by atoms with Crippen molar-refractivity contribution in [1.82, 2.24) is 40.4 Å². The minimum Gasteiger partial charge on any atom is -0.488 e. The number of nitrogens with zero attached hydrogens (tertiary/aromatic N) is 4. The average molecular weight is 867 g/mol. The molecule has 0 fully saturated rings. The summed E-state index contributed by atoms with van der Waals surface area (Å²) in [5, 5.41) is 6.79. The smallest absolute Gasteiger partial charge is 0.407 e. The normalized spacial score (nSPS) is 12.8. The summed E-state index contributed by atoms with van der Waals surface area (Å²) in [7, 11) is 2.44. The van der Waals surface area contributed by atoms with Crippen LogP contribution in [0, 0.1) is 5.92 Å². The van der Waals surface area contributed by atoms with Crippen LogP contribution in [0.1, 0.15) is 49.1 Å². The van der Waals surface area contributed by atoms with Crippen molar-refractivity contribution in [2.45, 2.75) is 52.6 Å². The van der Waals surface area contributed by atoms with Crippen LogP contribution in [0.25, 0.3) is 44.2 Å². The molecule has 0 spiro atoms. The number of carbonyl (C=O) groups is 4. The fourth-order valence-electron chi connectivity index (χ4n) is 7.61. The molecule has 6 aromatic rings. The molecule has 16 nitrogen and oxygen atoms in total. The highest BCUT2D eigenvalue weighted by Gasteiger charge is 2.29. The number of H-pyrrole nitrogens is 2. The van der Waals surface area contributed by atoms with Crippen LogP contribution in [-0.2, 0) is 43.5 Å². The maximum absolute atomic E-state index is 13.9. The zero-order valence-corrected chi connectivity index (χ0v) is 35.2. The van der Waals surface area contributed by atoms with Crippen LogP contribution in [0.4, 0.5) is 18.4 Å². The molecule has 0 unspecified atom stereocenters. The van der Waals surface area contributed by atoms with Crippen molar-refractivity contribution < 1.29 is 46.9 Å². The van der Waals surface area contributed by atoms with E-state index in [1.807, 2.05) is 55.5 Å². The number of alkyl halides is 2. The minimum absolute atomic E-state index is 0.0181. The van der Waals surface area contributed by atoms with Gasteiger partial charge in [0.2, 0.25) is 11.8 Å². The van der Waals surface area contributed by atoms with E-state index in [0.717, 1.165) is 44.2 Å². The Morgan fingerprint density at radius 2 is 1.68 bits per heavy atom. The van der Waals surface area contributed by atoms with Gasteiger partial charge in [0.1, 0.15) is 36.6 Å². The van der Waals surface area contributed by atoms with E-state index in [0.29, 0.717) is 48.1 Å². The topological polar surface area (TPSA) is 193 Å². The maximum atomic E-state index is 13.9. The molecule has 0 aliphatic carbocycles. The van der Waals surface area contributed by atoms with Crippen LogP contribution in [0.15, 0.2) is 79.0 Å². The molecule has 18 heteroatoms. The number of aromatic nitrogens is 4. The quantitative estimate of drug-likeness (QED) is 0.0738. The number of amides is 4. The molecule has 4 aromatic carbocycles. The summed E-state index contributed by atoms with van der Waals surface area (Å²) < 4.78 is 45.7. The summed E-state index contributed by atoms with van der Waals surface area (Å²) in [5.74, 6) is 0.534. The number of aromatic amines is 2. The zero-order valence-electron chi connectivity index (χ0n) is 35.2. The molecule has 1 aliphatic heterocycles. The molecular weight excluding hydrogens is 819 g/mol. The largest absolute Gasteiger partial charge is 0.488 e. The zero-order chi connectivity index (χ0) is 44.6. The second-order valence-electron chi connectivity index (χ2n) is 15.2. The number of halogens is 2. The summed E-state index contributed by atoms with van der Waals surface area (Å²) in [6.45, 7) is 1.13. The molecule has 1 aliphatic rings. The van der Waals surface area contributed by atoms with Crippen LogP contribution in [-0.4, -0.2) is 101 Å². The number of fused-ring (bicyclic) bond motifs is 6. The number of nitrogens with one attached hydrogen (secondary N) is 4. The molecule has 63 heavy (non-hydrogen) atoms. The first-order chi connectivity index (χ1) is 30.4. The number of benzene rings is 4. The molecule has 0 radical (unpaired) electrons. The fourth-order valence-corrected chi connectivity index (χ4v) is 7.61. The first kappa shape index (κ1) is 44.0. The summed E-state index contributed by atoms with van der Waals surface area (Å²) >= 11 is 0. The van der Waals surface area contributed by atoms with Gasteiger partial charge in [0.05, 0.1) is 56.8 Å². The lowest BCUT2D eigenvalue weighted by Gasteiger charge is -2.27. The van der Waals surface area contributed by atoms with E-state index in [1.165, 1.54) is 19.1 Å². The highest BCUT2D eigenvalue weighted by Crippen LogP contribution is 2.42. The van der Waals surface area contributed by atoms with Gasteiger partial charge >= 0.3 is 18.8 Å². The first-order valence-corrected chi connectivity index (χ1v) is 20.4. The molecule has 0 saturated heterocycles. The van der Waals surface area contributed by atoms with Crippen molar-refractivity contribution in [3.8, 4) is 28.1 Å². The van der Waals surface area contributed by atoms with Crippen molar-refractivity contribution in [2.24, 2.45) is 5.92 Å². The van der Waals surface area contributed by atoms with E-state index in [-0.39, 0.29) is 38.7 Å². The fraction of sp³-hybridized carbons (Fsp3) is 0.333. The lowest BCUT2D eigenvalue weighted by atomic mass is 9.92. The Hall–Kier alpha value is -7.08. The van der Waals surface area contributed by atoms with E-state index in [2.05, 4.69) is 47.2 Å². The Morgan fingerprint density at radius 1 is 0.905 bits per heavy atom. The predicted octanol–water partition coefficient (Wildman–Crippen LogP) is 7.06. The van der Waals surface area contributed by atoms with Gasteiger partial charge in [-0.15, -0.1) is 0 Å². The number of hydrogen-bond acceptors (Lipinski definition) is 10. The third-order valence-corrected chi connectivity index (χ3v) is 10.6. The van der Waals surface area contributed by atoms with E-state index >= 15 is 0 Å². The van der Waals surface area contributed by atoms with Crippen molar-refractivity contribution >= 4 is 45.8 Å². The van der Waals surface area contributed by atoms with Gasteiger partial charge in [-0.3, -0.25) is 9.59 Å². The Morgan fingerprint density at radius 3 is 2.43 bits per heavy atom. The molecular formula is C45H48F2N8O8. The predicted molar refractivity (Wildman–Crippen MR) is 228 cm³/mol. The Balaban J connectivity index is 1.09. The van der Waals surface area contributed by atoms with Gasteiger partial charge in [0.15, 0.2) is 0 Å². The Labute approximate surface area is 361 Å². The van der Waals surface area contributed by atoms with E-state index < -0.39 is 36.7 Å². The number of ether oxygens (including phenoxy) is 4. The number of alkyl carbamates (subject to hydrolysis) is 2. The average Bonchev–Trinajstić information content (AvgIpc) is 3.95. The van der Waals surface area contributed by atoms with Crippen LogP contribution in [0.5, 0.6) is 5.75 Å². The SMILES string of the molecule is CCCN(Cc1ncc(-c2ccc3c(c2)COc2cc4c(ccc5[nH]c(CN(C[C@H](C)COC(F)F)C(=O)CNC(=O)OC)nc54)cc2-3)[nH]1)C(=O)[C@H](NC(=O)OC)c1ccccc1. The molecule has 330 valence electrons. The lowest BCUT2D eigenvalue weighted by molar-refractivity contribution is -0.142. The van der Waals surface area contributed by atoms with E-state index in [1.54, 1.807) is 30.2 Å². The monoisotopic (exact) mass is 866 g/mol. The molecule has 4 N–H and O–H groups in total. The summed E-state index contributed by atoms with van der Waals surface area (Å²) in [6.07, 6.45) is 0.942. The van der Waals surface area contributed by atoms with Crippen molar-refractivity contribution in [3.05, 3.63) is 102 Å². The van der Waals surface area contributed by atoms with Gasteiger partial charge in [-0.1, -0.05) is 62.4 Å². The van der Waals surface area contributed by atoms with Gasteiger partial charge in [0, 0.05) is 24.0 Å². The number of hydrogen-bond donors (Lipinski definition) is 4. The molecule has 3 heterocycles. The Kier molecular flexibility index (Phi) is 13.8. The standard InChI is InChI=1S/C45H48F2N8O8/c1-5-15-54(42(57)40(53-45(59)61-4)27-9-7-6-8-10-27)22-37-48-19-35(51-37)29-11-13-31-30(16-29)25-62-36-18-32-28(17-33(31)36)12-14-34-41(32)52-38(50-34)23-55(21-26(2)24-63-43(46)47)39(56)20-49-44(58)60-3/h6-14,16-19,26,40,43H,5,15,20-25H2,1-4H3,(H,48,51)(H,49,58)(H,50,52)(H,53,59)/t26-,40+/m0/s1. The molecule has 7 rings (SSSR count). The van der Waals surface area contributed by atoms with Crippen molar-refractivity contribution in [3.63, 3.8) is 0 Å². The van der Waals surface area contributed by atoms with Gasteiger partial charge < -0.3 is 49.3 Å². The summed E-state index contributed by atoms with van der Waals surface area (Å²) in [6, 6.07) is 22.1. The highest BCUT2D eigenvalue weighted by atomic mass is 19.3. The second kappa shape index (κ2) is 19.7. The highest BCUT2D eigenvalue weighted by molar-refractivity contribution is 6.07. The van der Waals surface area contributed by atoms with Gasteiger partial charge in [-0.25, -0.2) is 19.6 Å². The number of carbonyl (C=O) groups excluding carboxylic acids is 4. The number of imidazole rings is 2. The first-order valence-electron chi connectivity index (χ1n) is 20.4. The molecule has 2 aromatic heterocycles. The Bertz CT molecular complexity index is 2600. The molecule has 2 atom stereocenters. The third kappa shape index (κ3) is 10.3. The number of methoxy groups -OCH3 is 2. The van der Waals surface area contributed by atoms with Crippen LogP contribution < -0.4 is 15.4 Å². The van der Waals surface area contributed by atoms with Gasteiger partial charge in [-0.2, -0.15) is 8.78 Å². The minimum atomic E-state index is -2.94. The van der Waals surface area contributed by atoms with Crippen LogP contribution in [0.3, 0.4) is 0 Å². The lowest BCUT2D eigenvalue weighted by Crippen LogP contribution is -2.43. The molecule has 4 amide bonds. The summed E-state index contributed by atoms with van der Waals surface area (Å²) in [5.41, 5.74) is 6.56. The van der Waals surface area contributed by atoms with Gasteiger partial charge in [-0.05, 0) is 64.2 Å². The molecule has 0 saturated carbocycles. The molecule has 0 bridgehead atoms. The number of rotatable bonds is 17. The van der Waals surface area contributed by atoms with Crippen molar-refractivity contribution in [2.75, 3.05) is 40.5 Å². The summed E-state index contributed by atoms with van der Waals surface area (Å²) in [4.78, 5) is 70.2. The van der Waals surface area contributed by atoms with Crippen molar-refractivity contribution in [1.29, 1.82) is 0 Å². The van der Waals surface area contributed by atoms with E-state index in [9.17, 15) is 28.0 Å². The van der Waals surface area contributed by atoms with Gasteiger partial charge in [0.25, 0.3) is 0 Å².